The Balaban J connectivity index is 1.96. The molecule has 1 amide bonds. The lowest BCUT2D eigenvalue weighted by molar-refractivity contribution is -0.136. The van der Waals surface area contributed by atoms with Crippen molar-refractivity contribution in [1.29, 1.82) is 0 Å². The van der Waals surface area contributed by atoms with E-state index in [4.69, 9.17) is 14.6 Å². The number of rotatable bonds is 7. The lowest BCUT2D eigenvalue weighted by atomic mass is 9.98. The minimum atomic E-state index is -1.76. The number of ether oxygens (including phenoxy) is 2. The first-order chi connectivity index (χ1) is 15.8. The largest absolute Gasteiger partial charge is 0.493 e. The van der Waals surface area contributed by atoms with Crippen molar-refractivity contribution in [1.82, 2.24) is 0 Å². The van der Waals surface area contributed by atoms with Crippen LogP contribution in [0.2, 0.25) is 0 Å². The number of aliphatic hydroxyl groups excluding tert-OH is 1. The normalized spacial score (nSPS) is 15.1. The third-order valence-corrected chi connectivity index (χ3v) is 5.34. The molecule has 3 aromatic carbocycles. The molecule has 4 rings (SSSR count). The maximum absolute atomic E-state index is 15.0. The van der Waals surface area contributed by atoms with E-state index < -0.39 is 41.8 Å². The molecule has 172 valence electrons. The Morgan fingerprint density at radius 2 is 1.58 bits per heavy atom. The van der Waals surface area contributed by atoms with E-state index in [9.17, 15) is 23.5 Å². The van der Waals surface area contributed by atoms with Gasteiger partial charge >= 0.3 is 5.97 Å². The second-order valence-electron chi connectivity index (χ2n) is 7.39. The molecule has 0 saturated carbocycles. The smallest absolute Gasteiger partial charge is 0.307 e. The lowest BCUT2D eigenvalue weighted by Crippen LogP contribution is -2.29. The van der Waals surface area contributed by atoms with Gasteiger partial charge < -0.3 is 19.7 Å². The molecule has 1 unspecified atom stereocenters. The van der Waals surface area contributed by atoms with Crippen molar-refractivity contribution in [2.75, 3.05) is 18.1 Å². The summed E-state index contributed by atoms with van der Waals surface area (Å²) in [5.41, 5.74) is -0.889. The standard InChI is InChI=1S/C24H21F2NO6/c1-3-32-21-13-7-5-6-8-14(13)22(33-4-2)19-18(21)23(30)27(24(19)31)20-15(25)9-12(10-16(20)26)11-17(28)29/h5-10,23,30H,3-4,11H2,1-2H3,(H,28,29). The van der Waals surface area contributed by atoms with Gasteiger partial charge in [0.25, 0.3) is 5.91 Å². The van der Waals surface area contributed by atoms with Crippen LogP contribution in [0.4, 0.5) is 14.5 Å². The van der Waals surface area contributed by atoms with E-state index in [1.165, 1.54) is 0 Å². The molecule has 0 spiro atoms. The maximum Gasteiger partial charge on any atom is 0.307 e. The van der Waals surface area contributed by atoms with Crippen LogP contribution in [0, 0.1) is 11.6 Å². The number of carboxylic acid groups (broad SMARTS) is 1. The molecule has 0 saturated heterocycles. The number of halogens is 2. The number of aliphatic carboxylic acids is 1. The van der Waals surface area contributed by atoms with Crippen LogP contribution in [0.15, 0.2) is 36.4 Å². The average molecular weight is 457 g/mol. The number of carbonyl (C=O) groups is 2. The summed E-state index contributed by atoms with van der Waals surface area (Å²) in [4.78, 5) is 25.0. The molecule has 0 aliphatic carbocycles. The van der Waals surface area contributed by atoms with E-state index in [2.05, 4.69) is 0 Å². The second kappa shape index (κ2) is 8.67. The maximum atomic E-state index is 15.0. The van der Waals surface area contributed by atoms with Crippen molar-refractivity contribution in [3.63, 3.8) is 0 Å². The van der Waals surface area contributed by atoms with Crippen LogP contribution >= 0.6 is 0 Å². The molecular weight excluding hydrogens is 436 g/mol. The zero-order chi connectivity index (χ0) is 23.9. The van der Waals surface area contributed by atoms with Crippen LogP contribution < -0.4 is 14.4 Å². The lowest BCUT2D eigenvalue weighted by Gasteiger charge is -2.23. The second-order valence-corrected chi connectivity index (χ2v) is 7.39. The van der Waals surface area contributed by atoms with Crippen molar-refractivity contribution in [3.8, 4) is 11.5 Å². The van der Waals surface area contributed by atoms with Crippen LogP contribution in [-0.4, -0.2) is 35.3 Å². The Bertz CT molecular complexity index is 1250. The summed E-state index contributed by atoms with van der Waals surface area (Å²) in [6.07, 6.45) is -2.36. The summed E-state index contributed by atoms with van der Waals surface area (Å²) in [7, 11) is 0. The van der Waals surface area contributed by atoms with Gasteiger partial charge in [0.15, 0.2) is 6.23 Å². The molecule has 33 heavy (non-hydrogen) atoms. The fourth-order valence-electron chi connectivity index (χ4n) is 4.16. The van der Waals surface area contributed by atoms with Gasteiger partial charge in [0.05, 0.1) is 30.8 Å². The number of benzene rings is 3. The number of hydrogen-bond acceptors (Lipinski definition) is 5. The van der Waals surface area contributed by atoms with Crippen LogP contribution in [0.3, 0.4) is 0 Å². The van der Waals surface area contributed by atoms with E-state index >= 15 is 0 Å². The van der Waals surface area contributed by atoms with Gasteiger partial charge in [-0.1, -0.05) is 24.3 Å². The van der Waals surface area contributed by atoms with Crippen LogP contribution in [0.25, 0.3) is 10.8 Å². The number of fused-ring (bicyclic) bond motifs is 2. The van der Waals surface area contributed by atoms with Gasteiger partial charge in [0.2, 0.25) is 0 Å². The Morgan fingerprint density at radius 3 is 2.12 bits per heavy atom. The highest BCUT2D eigenvalue weighted by Crippen LogP contribution is 2.50. The van der Waals surface area contributed by atoms with E-state index in [0.717, 1.165) is 12.1 Å². The summed E-state index contributed by atoms with van der Waals surface area (Å²) < 4.78 is 41.4. The van der Waals surface area contributed by atoms with Gasteiger partial charge in [-0.05, 0) is 31.5 Å². The Labute approximate surface area is 187 Å². The Hall–Kier alpha value is -3.72. The molecule has 0 aromatic heterocycles. The van der Waals surface area contributed by atoms with Crippen molar-refractivity contribution < 1.29 is 38.1 Å². The molecule has 2 N–H and O–H groups in total. The number of aliphatic hydroxyl groups is 1. The van der Waals surface area contributed by atoms with Crippen LogP contribution in [0.5, 0.6) is 11.5 Å². The van der Waals surface area contributed by atoms with Crippen LogP contribution in [-0.2, 0) is 11.2 Å². The van der Waals surface area contributed by atoms with Crippen LogP contribution in [0.1, 0.15) is 41.6 Å². The molecule has 1 atom stereocenters. The number of hydrogen-bond donors (Lipinski definition) is 2. The highest BCUT2D eigenvalue weighted by Gasteiger charge is 2.45. The average Bonchev–Trinajstić information content (AvgIpc) is 3.00. The van der Waals surface area contributed by atoms with Gasteiger partial charge in [-0.15, -0.1) is 0 Å². The Kier molecular flexibility index (Phi) is 5.90. The minimum Gasteiger partial charge on any atom is -0.493 e. The molecule has 0 bridgehead atoms. The third-order valence-electron chi connectivity index (χ3n) is 5.34. The quantitative estimate of drug-likeness (QED) is 0.552. The molecule has 1 aliphatic heterocycles. The van der Waals surface area contributed by atoms with E-state index in [-0.39, 0.29) is 41.4 Å². The zero-order valence-electron chi connectivity index (χ0n) is 17.9. The fraction of sp³-hybridized carbons (Fsp3) is 0.250. The fourth-order valence-corrected chi connectivity index (χ4v) is 4.16. The topological polar surface area (TPSA) is 96.3 Å². The predicted octanol–water partition coefficient (Wildman–Crippen LogP) is 4.19. The number of carboxylic acids is 1. The molecule has 7 nitrogen and oxygen atoms in total. The van der Waals surface area contributed by atoms with Crippen molar-refractivity contribution in [3.05, 3.63) is 64.7 Å². The van der Waals surface area contributed by atoms with Gasteiger partial charge in [0.1, 0.15) is 28.8 Å². The molecule has 0 fully saturated rings. The van der Waals surface area contributed by atoms with E-state index in [1.807, 2.05) is 0 Å². The monoisotopic (exact) mass is 457 g/mol. The summed E-state index contributed by atoms with van der Waals surface area (Å²) in [5, 5.41) is 21.2. The third kappa shape index (κ3) is 3.64. The molecule has 3 aromatic rings. The summed E-state index contributed by atoms with van der Waals surface area (Å²) in [5.74, 6) is -4.07. The van der Waals surface area contributed by atoms with Gasteiger partial charge in [-0.25, -0.2) is 8.78 Å². The number of anilines is 1. The van der Waals surface area contributed by atoms with Crippen molar-refractivity contribution in [2.45, 2.75) is 26.5 Å². The first-order valence-electron chi connectivity index (χ1n) is 10.4. The van der Waals surface area contributed by atoms with Crippen molar-refractivity contribution in [2.24, 2.45) is 0 Å². The van der Waals surface area contributed by atoms with Gasteiger partial charge in [-0.2, -0.15) is 0 Å². The van der Waals surface area contributed by atoms with Crippen molar-refractivity contribution >= 4 is 28.3 Å². The summed E-state index contributed by atoms with van der Waals surface area (Å²) in [6, 6.07) is 8.64. The highest BCUT2D eigenvalue weighted by atomic mass is 19.1. The van der Waals surface area contributed by atoms with Gasteiger partial charge in [-0.3, -0.25) is 14.5 Å². The first kappa shape index (κ1) is 22.5. The number of amides is 1. The summed E-state index contributed by atoms with van der Waals surface area (Å²) in [6.45, 7) is 3.89. The zero-order valence-corrected chi connectivity index (χ0v) is 17.9. The molecule has 1 aliphatic rings. The molecular formula is C24H21F2NO6. The van der Waals surface area contributed by atoms with E-state index in [0.29, 0.717) is 15.7 Å². The highest BCUT2D eigenvalue weighted by molar-refractivity contribution is 6.17. The van der Waals surface area contributed by atoms with Gasteiger partial charge in [0, 0.05) is 10.8 Å². The predicted molar refractivity (Wildman–Crippen MR) is 116 cm³/mol. The SMILES string of the molecule is CCOc1c2c(c(OCC)c3ccccc13)C(O)N(c1c(F)cc(CC(=O)O)cc1F)C2=O. The molecule has 1 heterocycles. The first-order valence-corrected chi connectivity index (χ1v) is 10.4. The minimum absolute atomic E-state index is 0.0417. The number of carbonyl (C=O) groups excluding carboxylic acids is 1. The van der Waals surface area contributed by atoms with E-state index in [1.54, 1.807) is 38.1 Å². The summed E-state index contributed by atoms with van der Waals surface area (Å²) >= 11 is 0. The molecule has 0 radical (unpaired) electrons. The number of nitrogens with zero attached hydrogens (tertiary/aromatic N) is 1. The Morgan fingerprint density at radius 1 is 1.03 bits per heavy atom. The molecule has 9 heteroatoms.